The van der Waals surface area contributed by atoms with Crippen molar-refractivity contribution in [1.29, 1.82) is 0 Å². The lowest BCUT2D eigenvalue weighted by atomic mass is 10.1. The number of hydrogen-bond donors (Lipinski definition) is 0. The van der Waals surface area contributed by atoms with Gasteiger partial charge in [-0.1, -0.05) is 15.9 Å². The molecule has 0 fully saturated rings. The number of carbonyl (C=O) groups excluding carboxylic acids is 1. The van der Waals surface area contributed by atoms with Crippen LogP contribution in [0.2, 0.25) is 0 Å². The normalized spacial score (nSPS) is 15.1. The molecular formula is C11H13BrO4S. The van der Waals surface area contributed by atoms with Crippen LogP contribution < -0.4 is 4.74 Å². The molecule has 0 aromatic heterocycles. The number of hydrogen-bond acceptors (Lipinski definition) is 4. The van der Waals surface area contributed by atoms with E-state index in [1.54, 1.807) is 12.1 Å². The maximum absolute atomic E-state index is 12.0. The van der Waals surface area contributed by atoms with E-state index in [1.807, 2.05) is 0 Å². The third-order valence-corrected chi connectivity index (χ3v) is 6.16. The van der Waals surface area contributed by atoms with Crippen LogP contribution in [0.1, 0.15) is 17.3 Å². The molecule has 0 saturated heterocycles. The maximum atomic E-state index is 12.0. The molecule has 1 aromatic rings. The molecule has 0 spiro atoms. The van der Waals surface area contributed by atoms with Gasteiger partial charge in [0.1, 0.15) is 5.75 Å². The Kier molecular flexibility index (Phi) is 3.99. The van der Waals surface area contributed by atoms with Gasteiger partial charge in [0.05, 0.1) is 7.11 Å². The summed E-state index contributed by atoms with van der Waals surface area (Å²) in [5.41, 5.74) is 0.315. The monoisotopic (exact) mass is 320 g/mol. The fraction of sp³-hybridized carbons (Fsp3) is 0.364. The molecule has 0 radical (unpaired) electrons. The Balaban J connectivity index is 3.13. The minimum Gasteiger partial charge on any atom is -0.497 e. The van der Waals surface area contributed by atoms with Crippen molar-refractivity contribution in [3.63, 3.8) is 0 Å². The van der Waals surface area contributed by atoms with E-state index in [-0.39, 0.29) is 0 Å². The minimum atomic E-state index is -3.53. The predicted octanol–water partition coefficient (Wildman–Crippen LogP) is 2.03. The van der Waals surface area contributed by atoms with Gasteiger partial charge < -0.3 is 4.74 Å². The molecule has 17 heavy (non-hydrogen) atoms. The second-order valence-corrected chi connectivity index (χ2v) is 8.22. The SMILES string of the molecule is COc1ccc(C(=O)C(C)(Br)S(C)(=O)=O)cc1. The average molecular weight is 321 g/mol. The van der Waals surface area contributed by atoms with Crippen LogP contribution in [-0.4, -0.2) is 31.2 Å². The summed E-state index contributed by atoms with van der Waals surface area (Å²) < 4.78 is 26.4. The Morgan fingerprint density at radius 2 is 1.76 bits per heavy atom. The summed E-state index contributed by atoms with van der Waals surface area (Å²) in [5.74, 6) is 0.111. The molecule has 1 atom stereocenters. The zero-order chi connectivity index (χ0) is 13.3. The Morgan fingerprint density at radius 3 is 2.12 bits per heavy atom. The van der Waals surface area contributed by atoms with Gasteiger partial charge in [-0.15, -0.1) is 0 Å². The molecule has 0 aliphatic heterocycles. The summed E-state index contributed by atoms with van der Waals surface area (Å²) in [5, 5.41) is 0. The first-order valence-corrected chi connectivity index (χ1v) is 7.46. The molecule has 0 saturated carbocycles. The predicted molar refractivity (Wildman–Crippen MR) is 69.5 cm³/mol. The van der Waals surface area contributed by atoms with E-state index in [1.165, 1.54) is 26.2 Å². The molecule has 1 rings (SSSR count). The number of ketones is 1. The highest BCUT2D eigenvalue weighted by molar-refractivity contribution is 9.12. The van der Waals surface area contributed by atoms with Gasteiger partial charge >= 0.3 is 0 Å². The quantitative estimate of drug-likeness (QED) is 0.629. The maximum Gasteiger partial charge on any atom is 0.194 e. The van der Waals surface area contributed by atoms with E-state index in [4.69, 9.17) is 4.74 Å². The Hall–Kier alpha value is -0.880. The molecule has 1 aromatic carbocycles. The van der Waals surface area contributed by atoms with Gasteiger partial charge in [0.15, 0.2) is 19.3 Å². The minimum absolute atomic E-state index is 0.315. The summed E-state index contributed by atoms with van der Waals surface area (Å²) in [6.45, 7) is 1.33. The molecule has 0 aliphatic rings. The molecule has 6 heteroatoms. The number of rotatable bonds is 4. The second-order valence-electron chi connectivity index (χ2n) is 3.75. The number of benzene rings is 1. The fourth-order valence-corrected chi connectivity index (χ4v) is 1.85. The molecule has 0 bridgehead atoms. The van der Waals surface area contributed by atoms with Crippen LogP contribution >= 0.6 is 15.9 Å². The molecule has 0 heterocycles. The second kappa shape index (κ2) is 4.78. The van der Waals surface area contributed by atoms with Crippen LogP contribution in [0.25, 0.3) is 0 Å². The standard InChI is InChI=1S/C11H13BrO4S/c1-11(12,17(3,14)15)10(13)8-4-6-9(16-2)7-5-8/h4-7H,1-3H3. The highest BCUT2D eigenvalue weighted by atomic mass is 79.9. The number of sulfone groups is 1. The van der Waals surface area contributed by atoms with Crippen molar-refractivity contribution in [2.75, 3.05) is 13.4 Å². The summed E-state index contributed by atoms with van der Waals surface area (Å²) in [7, 11) is -2.01. The largest absolute Gasteiger partial charge is 0.497 e. The number of halogens is 1. The van der Waals surface area contributed by atoms with Gasteiger partial charge in [-0.25, -0.2) is 8.42 Å². The topological polar surface area (TPSA) is 60.4 Å². The molecule has 0 N–H and O–H groups in total. The Labute approximate surface area is 109 Å². The highest BCUT2D eigenvalue weighted by Crippen LogP contribution is 2.29. The number of ether oxygens (including phenoxy) is 1. The lowest BCUT2D eigenvalue weighted by molar-refractivity contribution is 0.0983. The summed E-state index contributed by atoms with van der Waals surface area (Å²) in [4.78, 5) is 12.0. The zero-order valence-electron chi connectivity index (χ0n) is 9.73. The van der Waals surface area contributed by atoms with Gasteiger partial charge in [-0.3, -0.25) is 4.79 Å². The van der Waals surface area contributed by atoms with Crippen LogP contribution in [-0.2, 0) is 9.84 Å². The van der Waals surface area contributed by atoms with Crippen molar-refractivity contribution in [3.8, 4) is 5.75 Å². The molecular weight excluding hydrogens is 308 g/mol. The lowest BCUT2D eigenvalue weighted by Crippen LogP contribution is -2.36. The number of carbonyl (C=O) groups is 1. The summed E-state index contributed by atoms with van der Waals surface area (Å²) in [6.07, 6.45) is 1.02. The van der Waals surface area contributed by atoms with Crippen molar-refractivity contribution >= 4 is 31.6 Å². The van der Waals surface area contributed by atoms with E-state index in [0.29, 0.717) is 11.3 Å². The van der Waals surface area contributed by atoms with E-state index in [9.17, 15) is 13.2 Å². The van der Waals surface area contributed by atoms with Gasteiger partial charge in [-0.2, -0.15) is 0 Å². The molecule has 0 amide bonds. The lowest BCUT2D eigenvalue weighted by Gasteiger charge is -2.18. The Bertz CT molecular complexity index is 517. The van der Waals surface area contributed by atoms with Crippen molar-refractivity contribution < 1.29 is 17.9 Å². The summed E-state index contributed by atoms with van der Waals surface area (Å²) >= 11 is 2.97. The molecule has 0 aliphatic carbocycles. The first kappa shape index (κ1) is 14.2. The van der Waals surface area contributed by atoms with Crippen molar-refractivity contribution in [2.45, 2.75) is 10.6 Å². The average Bonchev–Trinajstić information content (AvgIpc) is 2.26. The van der Waals surface area contributed by atoms with E-state index < -0.39 is 19.3 Å². The number of methoxy groups -OCH3 is 1. The van der Waals surface area contributed by atoms with Crippen molar-refractivity contribution in [3.05, 3.63) is 29.8 Å². The highest BCUT2D eigenvalue weighted by Gasteiger charge is 2.41. The first-order chi connectivity index (χ1) is 7.70. The number of alkyl halides is 1. The third kappa shape index (κ3) is 2.87. The van der Waals surface area contributed by atoms with Crippen LogP contribution in [0.4, 0.5) is 0 Å². The van der Waals surface area contributed by atoms with E-state index >= 15 is 0 Å². The summed E-state index contributed by atoms with van der Waals surface area (Å²) in [6, 6.07) is 6.29. The smallest absolute Gasteiger partial charge is 0.194 e. The Morgan fingerprint density at radius 1 is 1.29 bits per heavy atom. The van der Waals surface area contributed by atoms with Crippen LogP contribution in [0, 0.1) is 0 Å². The first-order valence-electron chi connectivity index (χ1n) is 4.77. The zero-order valence-corrected chi connectivity index (χ0v) is 12.1. The van der Waals surface area contributed by atoms with Gasteiger partial charge in [-0.05, 0) is 31.2 Å². The van der Waals surface area contributed by atoms with E-state index in [0.717, 1.165) is 6.26 Å². The van der Waals surface area contributed by atoms with Crippen molar-refractivity contribution in [1.82, 2.24) is 0 Å². The van der Waals surface area contributed by atoms with Gasteiger partial charge in [0.2, 0.25) is 0 Å². The van der Waals surface area contributed by atoms with Crippen LogP contribution in [0.5, 0.6) is 5.75 Å². The molecule has 1 unspecified atom stereocenters. The fourth-order valence-electron chi connectivity index (χ4n) is 1.17. The van der Waals surface area contributed by atoms with Gasteiger partial charge in [0.25, 0.3) is 0 Å². The van der Waals surface area contributed by atoms with Crippen LogP contribution in [0.15, 0.2) is 24.3 Å². The third-order valence-electron chi connectivity index (χ3n) is 2.45. The van der Waals surface area contributed by atoms with Crippen LogP contribution in [0.3, 0.4) is 0 Å². The van der Waals surface area contributed by atoms with Gasteiger partial charge in [0, 0.05) is 11.8 Å². The molecule has 94 valence electrons. The van der Waals surface area contributed by atoms with Crippen molar-refractivity contribution in [2.24, 2.45) is 0 Å². The van der Waals surface area contributed by atoms with E-state index in [2.05, 4.69) is 15.9 Å². The molecule has 4 nitrogen and oxygen atoms in total. The number of Topliss-reactive ketones (excluding diaryl/α,β-unsaturated/α-hetero) is 1.